The molecule has 1 aliphatic rings. The second kappa shape index (κ2) is 12.7. The van der Waals surface area contributed by atoms with Crippen molar-refractivity contribution in [2.75, 3.05) is 27.4 Å². The summed E-state index contributed by atoms with van der Waals surface area (Å²) in [7, 11) is 3.21. The summed E-state index contributed by atoms with van der Waals surface area (Å²) in [5.41, 5.74) is 2.79. The third-order valence-electron chi connectivity index (χ3n) is 6.54. The number of ether oxygens (including phenoxy) is 4. The highest BCUT2D eigenvalue weighted by Gasteiger charge is 2.41. The van der Waals surface area contributed by atoms with Crippen LogP contribution in [0.25, 0.3) is 0 Å². The zero-order valence-electron chi connectivity index (χ0n) is 21.2. The fourth-order valence-corrected chi connectivity index (χ4v) is 5.02. The lowest BCUT2D eigenvalue weighted by Crippen LogP contribution is -2.52. The molecule has 3 aromatic carbocycles. The number of benzene rings is 3. The van der Waals surface area contributed by atoms with E-state index in [0.717, 1.165) is 16.7 Å². The maximum atomic E-state index is 13.3. The Balaban J connectivity index is 1.59. The van der Waals surface area contributed by atoms with Crippen molar-refractivity contribution in [3.8, 4) is 11.5 Å². The van der Waals surface area contributed by atoms with Crippen LogP contribution in [0, 0.1) is 0 Å². The predicted molar refractivity (Wildman–Crippen MR) is 144 cm³/mol. The summed E-state index contributed by atoms with van der Waals surface area (Å²) < 4.78 is 23.0. The number of methoxy groups -OCH3 is 2. The van der Waals surface area contributed by atoms with E-state index in [1.54, 1.807) is 14.2 Å². The molecule has 8 heteroatoms. The summed E-state index contributed by atoms with van der Waals surface area (Å²) in [5, 5.41) is 1.24. The molecule has 3 aromatic rings. The van der Waals surface area contributed by atoms with Gasteiger partial charge < -0.3 is 23.8 Å². The van der Waals surface area contributed by atoms with Crippen molar-refractivity contribution < 1.29 is 23.7 Å². The Morgan fingerprint density at radius 3 is 2.38 bits per heavy atom. The molecular weight excluding hydrogens is 513 g/mol. The van der Waals surface area contributed by atoms with Crippen LogP contribution in [0.1, 0.15) is 42.2 Å². The summed E-state index contributed by atoms with van der Waals surface area (Å²) >= 11 is 12.5. The molecule has 0 saturated carbocycles. The van der Waals surface area contributed by atoms with Gasteiger partial charge in [-0.05, 0) is 59.5 Å². The molecule has 0 spiro atoms. The second-order valence-corrected chi connectivity index (χ2v) is 9.72. The van der Waals surface area contributed by atoms with Crippen LogP contribution in [0.5, 0.6) is 11.5 Å². The molecule has 196 valence electrons. The Morgan fingerprint density at radius 1 is 0.946 bits per heavy atom. The molecule has 1 aliphatic heterocycles. The Bertz CT molecular complexity index is 1200. The summed E-state index contributed by atoms with van der Waals surface area (Å²) in [6.07, 6.45) is 0.321. The third kappa shape index (κ3) is 6.39. The first-order valence-corrected chi connectivity index (χ1v) is 12.9. The monoisotopic (exact) mass is 543 g/mol. The molecule has 0 radical (unpaired) electrons. The van der Waals surface area contributed by atoms with E-state index in [1.807, 2.05) is 71.6 Å². The van der Waals surface area contributed by atoms with Gasteiger partial charge in [-0.1, -0.05) is 60.5 Å². The first-order chi connectivity index (χ1) is 17.9. The Hall–Kier alpha value is -2.77. The van der Waals surface area contributed by atoms with Gasteiger partial charge in [0.05, 0.1) is 39.5 Å². The lowest BCUT2D eigenvalue weighted by Gasteiger charge is -2.45. The zero-order chi connectivity index (χ0) is 26.4. The van der Waals surface area contributed by atoms with Crippen molar-refractivity contribution in [3.05, 3.63) is 93.5 Å². The maximum Gasteiger partial charge on any atom is 0.249 e. The van der Waals surface area contributed by atoms with E-state index in [1.165, 1.54) is 0 Å². The normalized spacial score (nSPS) is 18.5. The number of halogens is 2. The average molecular weight is 544 g/mol. The molecule has 0 N–H and O–H groups in total. The molecule has 0 aliphatic carbocycles. The highest BCUT2D eigenvalue weighted by atomic mass is 35.5. The van der Waals surface area contributed by atoms with Gasteiger partial charge in [-0.3, -0.25) is 4.79 Å². The second-order valence-electron chi connectivity index (χ2n) is 8.85. The SMILES string of the molecule is CC[C@@H](COCc1ccc(OC)c(OC)c1)N1C(=O)CO[C@H](c2cccc(Cl)c2)[C@H]1c1ccc(Cl)cc1. The number of carbonyl (C=O) groups is 1. The maximum absolute atomic E-state index is 13.3. The van der Waals surface area contributed by atoms with Gasteiger partial charge in [0.25, 0.3) is 0 Å². The summed E-state index contributed by atoms with van der Waals surface area (Å²) in [4.78, 5) is 15.2. The summed E-state index contributed by atoms with van der Waals surface area (Å²) in [6, 6.07) is 20.3. The van der Waals surface area contributed by atoms with Crippen LogP contribution < -0.4 is 9.47 Å². The quantitative estimate of drug-likeness (QED) is 0.286. The lowest BCUT2D eigenvalue weighted by atomic mass is 9.91. The van der Waals surface area contributed by atoms with Gasteiger partial charge in [0.2, 0.25) is 5.91 Å². The number of amides is 1. The van der Waals surface area contributed by atoms with E-state index < -0.39 is 6.10 Å². The van der Waals surface area contributed by atoms with E-state index >= 15 is 0 Å². The van der Waals surface area contributed by atoms with E-state index in [4.69, 9.17) is 42.1 Å². The summed E-state index contributed by atoms with van der Waals surface area (Å²) in [5.74, 6) is 1.22. The number of nitrogens with zero attached hydrogens (tertiary/aromatic N) is 1. The highest BCUT2D eigenvalue weighted by molar-refractivity contribution is 6.30. The molecule has 1 saturated heterocycles. The van der Waals surface area contributed by atoms with Gasteiger partial charge in [-0.2, -0.15) is 0 Å². The van der Waals surface area contributed by atoms with E-state index in [0.29, 0.717) is 41.2 Å². The molecule has 6 nitrogen and oxygen atoms in total. The van der Waals surface area contributed by atoms with E-state index in [9.17, 15) is 4.79 Å². The topological polar surface area (TPSA) is 57.2 Å². The third-order valence-corrected chi connectivity index (χ3v) is 7.03. The Morgan fingerprint density at radius 2 is 1.70 bits per heavy atom. The van der Waals surface area contributed by atoms with Crippen LogP contribution in [0.2, 0.25) is 10.0 Å². The minimum Gasteiger partial charge on any atom is -0.493 e. The molecule has 37 heavy (non-hydrogen) atoms. The van der Waals surface area contributed by atoms with Gasteiger partial charge in [0, 0.05) is 10.0 Å². The zero-order valence-corrected chi connectivity index (χ0v) is 22.7. The van der Waals surface area contributed by atoms with Crippen molar-refractivity contribution in [1.29, 1.82) is 0 Å². The van der Waals surface area contributed by atoms with E-state index in [-0.39, 0.29) is 24.6 Å². The number of morpholine rings is 1. The average Bonchev–Trinajstić information content (AvgIpc) is 2.91. The van der Waals surface area contributed by atoms with Crippen molar-refractivity contribution >= 4 is 29.1 Å². The van der Waals surface area contributed by atoms with Crippen molar-refractivity contribution in [1.82, 2.24) is 4.90 Å². The first-order valence-electron chi connectivity index (χ1n) is 12.2. The smallest absolute Gasteiger partial charge is 0.249 e. The number of carbonyl (C=O) groups excluding carboxylic acids is 1. The minimum atomic E-state index is -0.391. The Labute approximate surface area is 228 Å². The van der Waals surface area contributed by atoms with Crippen LogP contribution in [-0.2, 0) is 20.9 Å². The number of hydrogen-bond donors (Lipinski definition) is 0. The fraction of sp³-hybridized carbons (Fsp3) is 0.345. The molecule has 1 amide bonds. The number of hydrogen-bond acceptors (Lipinski definition) is 5. The molecular formula is C29H31Cl2NO5. The minimum absolute atomic E-state index is 0.0204. The van der Waals surface area contributed by atoms with Gasteiger partial charge in [0.15, 0.2) is 11.5 Å². The van der Waals surface area contributed by atoms with Gasteiger partial charge in [0.1, 0.15) is 12.7 Å². The predicted octanol–water partition coefficient (Wildman–Crippen LogP) is 6.65. The standard InChI is InChI=1S/C29H31Cl2NO5/c1-4-24(17-36-16-19-8-13-25(34-2)26(14-19)35-3)32-27(33)18-37-29(21-6-5-7-23(31)15-21)28(32)20-9-11-22(30)12-10-20/h5-15,24,28-29H,4,16-18H2,1-3H3/t24-,28+,29+/m0/s1. The first kappa shape index (κ1) is 27.3. The van der Waals surface area contributed by atoms with Crippen LogP contribution in [-0.4, -0.2) is 44.3 Å². The van der Waals surface area contributed by atoms with Crippen LogP contribution in [0.4, 0.5) is 0 Å². The molecule has 1 fully saturated rings. The van der Waals surface area contributed by atoms with Crippen LogP contribution in [0.3, 0.4) is 0 Å². The van der Waals surface area contributed by atoms with Crippen molar-refractivity contribution in [2.45, 2.75) is 38.1 Å². The molecule has 0 aromatic heterocycles. The van der Waals surface area contributed by atoms with Crippen LogP contribution >= 0.6 is 23.2 Å². The molecule has 0 bridgehead atoms. The van der Waals surface area contributed by atoms with Gasteiger partial charge in [-0.25, -0.2) is 0 Å². The van der Waals surface area contributed by atoms with E-state index in [2.05, 4.69) is 6.92 Å². The van der Waals surface area contributed by atoms with Gasteiger partial charge >= 0.3 is 0 Å². The van der Waals surface area contributed by atoms with Crippen molar-refractivity contribution in [3.63, 3.8) is 0 Å². The van der Waals surface area contributed by atoms with Gasteiger partial charge in [-0.15, -0.1) is 0 Å². The molecule has 1 heterocycles. The van der Waals surface area contributed by atoms with Crippen LogP contribution in [0.15, 0.2) is 66.7 Å². The summed E-state index contributed by atoms with van der Waals surface area (Å²) in [6.45, 7) is 2.77. The largest absolute Gasteiger partial charge is 0.493 e. The van der Waals surface area contributed by atoms with Crippen molar-refractivity contribution in [2.24, 2.45) is 0 Å². The highest BCUT2D eigenvalue weighted by Crippen LogP contribution is 2.42. The lowest BCUT2D eigenvalue weighted by molar-refractivity contribution is -0.166. The Kier molecular flexibility index (Phi) is 9.33. The fourth-order valence-electron chi connectivity index (χ4n) is 4.69. The molecule has 0 unspecified atom stereocenters. The number of rotatable bonds is 10. The molecule has 4 rings (SSSR count). The molecule has 3 atom stereocenters.